The van der Waals surface area contributed by atoms with Crippen molar-refractivity contribution in [2.24, 2.45) is 12.8 Å². The molecule has 6 nitrogen and oxygen atoms in total. The number of rotatable bonds is 3. The summed E-state index contributed by atoms with van der Waals surface area (Å²) in [5.41, 5.74) is 6.31. The van der Waals surface area contributed by atoms with Crippen molar-refractivity contribution in [2.75, 3.05) is 25.0 Å². The largest absolute Gasteiger partial charge is 0.343 e. The minimum Gasteiger partial charge on any atom is -0.343 e. The Balaban J connectivity index is 2.41. The lowest BCUT2D eigenvalue weighted by atomic mass is 10.4. The Morgan fingerprint density at radius 2 is 2.27 bits per heavy atom. The van der Waals surface area contributed by atoms with E-state index in [1.165, 1.54) is 0 Å². The van der Waals surface area contributed by atoms with Gasteiger partial charge in [0.15, 0.2) is 5.65 Å². The molecule has 0 aliphatic heterocycles. The highest BCUT2D eigenvalue weighted by Gasteiger charge is 2.07. The summed E-state index contributed by atoms with van der Waals surface area (Å²) < 4.78 is 1.73. The SMILES string of the molecule is CN(CCN)c1ncc2cnn(C)c2n1. The molecule has 0 aliphatic rings. The Morgan fingerprint density at radius 1 is 1.47 bits per heavy atom. The van der Waals surface area contributed by atoms with Crippen molar-refractivity contribution >= 4 is 17.0 Å². The van der Waals surface area contributed by atoms with Crippen molar-refractivity contribution in [2.45, 2.75) is 0 Å². The maximum Gasteiger partial charge on any atom is 0.227 e. The first-order chi connectivity index (χ1) is 7.22. The molecular formula is C9H14N6. The quantitative estimate of drug-likeness (QED) is 0.750. The van der Waals surface area contributed by atoms with Crippen LogP contribution in [0, 0.1) is 0 Å². The van der Waals surface area contributed by atoms with Gasteiger partial charge in [-0.15, -0.1) is 0 Å². The highest BCUT2D eigenvalue weighted by atomic mass is 15.3. The third-order valence-corrected chi connectivity index (χ3v) is 2.27. The van der Waals surface area contributed by atoms with Crippen molar-refractivity contribution in [1.29, 1.82) is 0 Å². The van der Waals surface area contributed by atoms with E-state index in [9.17, 15) is 0 Å². The molecule has 0 aliphatic carbocycles. The fourth-order valence-corrected chi connectivity index (χ4v) is 1.40. The van der Waals surface area contributed by atoms with Gasteiger partial charge in [0.2, 0.25) is 5.95 Å². The molecule has 2 rings (SSSR count). The highest BCUT2D eigenvalue weighted by Crippen LogP contribution is 2.12. The van der Waals surface area contributed by atoms with Crippen LogP contribution in [0.1, 0.15) is 0 Å². The predicted molar refractivity (Wildman–Crippen MR) is 58.6 cm³/mol. The minimum atomic E-state index is 0.587. The Hall–Kier alpha value is -1.69. The molecule has 2 aromatic heterocycles. The lowest BCUT2D eigenvalue weighted by Gasteiger charge is -2.15. The van der Waals surface area contributed by atoms with Gasteiger partial charge in [-0.25, -0.2) is 4.98 Å². The normalized spacial score (nSPS) is 10.9. The summed E-state index contributed by atoms with van der Waals surface area (Å²) in [5, 5.41) is 5.06. The van der Waals surface area contributed by atoms with Crippen LogP contribution < -0.4 is 10.6 Å². The first-order valence-corrected chi connectivity index (χ1v) is 4.78. The fourth-order valence-electron chi connectivity index (χ4n) is 1.40. The van der Waals surface area contributed by atoms with E-state index >= 15 is 0 Å². The number of nitrogens with two attached hydrogens (primary N) is 1. The van der Waals surface area contributed by atoms with Crippen LogP contribution in [0.2, 0.25) is 0 Å². The molecule has 6 heteroatoms. The summed E-state index contributed by atoms with van der Waals surface area (Å²) >= 11 is 0. The third-order valence-electron chi connectivity index (χ3n) is 2.27. The molecule has 2 aromatic rings. The molecule has 0 saturated carbocycles. The maximum absolute atomic E-state index is 5.47. The first-order valence-electron chi connectivity index (χ1n) is 4.78. The average Bonchev–Trinajstić information content (AvgIpc) is 2.60. The molecule has 0 bridgehead atoms. The van der Waals surface area contributed by atoms with Crippen molar-refractivity contribution < 1.29 is 0 Å². The van der Waals surface area contributed by atoms with Crippen LogP contribution in [0.15, 0.2) is 12.4 Å². The zero-order valence-electron chi connectivity index (χ0n) is 8.88. The number of hydrogen-bond donors (Lipinski definition) is 1. The Bertz CT molecular complexity index is 463. The monoisotopic (exact) mass is 206 g/mol. The molecular weight excluding hydrogens is 192 g/mol. The standard InChI is InChI=1S/C9H14N6/c1-14(4-3-10)9-11-5-7-6-12-15(2)8(7)13-9/h5-6H,3-4,10H2,1-2H3. The van der Waals surface area contributed by atoms with Crippen LogP contribution in [-0.2, 0) is 7.05 Å². The van der Waals surface area contributed by atoms with Gasteiger partial charge < -0.3 is 10.6 Å². The highest BCUT2D eigenvalue weighted by molar-refractivity contribution is 5.74. The number of aryl methyl sites for hydroxylation is 1. The van der Waals surface area contributed by atoms with Gasteiger partial charge in [0, 0.05) is 33.4 Å². The van der Waals surface area contributed by atoms with Crippen molar-refractivity contribution in [3.63, 3.8) is 0 Å². The van der Waals surface area contributed by atoms with Gasteiger partial charge in [0.25, 0.3) is 0 Å². The maximum atomic E-state index is 5.47. The second-order valence-electron chi connectivity index (χ2n) is 3.43. The molecule has 0 fully saturated rings. The fraction of sp³-hybridized carbons (Fsp3) is 0.444. The first kappa shape index (κ1) is 9.85. The number of likely N-dealkylation sites (N-methyl/N-ethyl adjacent to an activating group) is 1. The average molecular weight is 206 g/mol. The van der Waals surface area contributed by atoms with Gasteiger partial charge in [-0.2, -0.15) is 10.1 Å². The van der Waals surface area contributed by atoms with Crippen molar-refractivity contribution in [3.05, 3.63) is 12.4 Å². The molecule has 0 aromatic carbocycles. The van der Waals surface area contributed by atoms with Crippen LogP contribution in [0.5, 0.6) is 0 Å². The molecule has 2 N–H and O–H groups in total. The lowest BCUT2D eigenvalue weighted by molar-refractivity contribution is 0.780. The van der Waals surface area contributed by atoms with Crippen LogP contribution >= 0.6 is 0 Å². The van der Waals surface area contributed by atoms with E-state index < -0.39 is 0 Å². The molecule has 0 spiro atoms. The van der Waals surface area contributed by atoms with E-state index in [4.69, 9.17) is 5.73 Å². The minimum absolute atomic E-state index is 0.587. The van der Waals surface area contributed by atoms with Gasteiger partial charge in [-0.1, -0.05) is 0 Å². The summed E-state index contributed by atoms with van der Waals surface area (Å²) in [7, 11) is 3.78. The van der Waals surface area contributed by atoms with Gasteiger partial charge in [0.05, 0.1) is 11.6 Å². The summed E-state index contributed by atoms with van der Waals surface area (Å²) in [6, 6.07) is 0. The van der Waals surface area contributed by atoms with E-state index in [-0.39, 0.29) is 0 Å². The Kier molecular flexibility index (Phi) is 2.51. The summed E-state index contributed by atoms with van der Waals surface area (Å²) in [6.07, 6.45) is 3.53. The van der Waals surface area contributed by atoms with Gasteiger partial charge >= 0.3 is 0 Å². The van der Waals surface area contributed by atoms with Gasteiger partial charge in [-0.05, 0) is 0 Å². The second-order valence-corrected chi connectivity index (χ2v) is 3.43. The number of hydrogen-bond acceptors (Lipinski definition) is 5. The zero-order valence-corrected chi connectivity index (χ0v) is 8.88. The predicted octanol–water partition coefficient (Wildman–Crippen LogP) is -0.242. The molecule has 15 heavy (non-hydrogen) atoms. The Labute approximate surface area is 87.7 Å². The molecule has 0 amide bonds. The van der Waals surface area contributed by atoms with Crippen LogP contribution in [0.25, 0.3) is 11.0 Å². The summed E-state index contributed by atoms with van der Waals surface area (Å²) in [6.45, 7) is 1.33. The van der Waals surface area contributed by atoms with Crippen LogP contribution in [0.4, 0.5) is 5.95 Å². The van der Waals surface area contributed by atoms with E-state index in [0.717, 1.165) is 17.6 Å². The zero-order chi connectivity index (χ0) is 10.8. The van der Waals surface area contributed by atoms with E-state index in [1.807, 2.05) is 19.0 Å². The third kappa shape index (κ3) is 1.75. The number of anilines is 1. The molecule has 0 saturated heterocycles. The number of nitrogens with zero attached hydrogens (tertiary/aromatic N) is 5. The van der Waals surface area contributed by atoms with E-state index in [2.05, 4.69) is 15.1 Å². The Morgan fingerprint density at radius 3 is 3.00 bits per heavy atom. The topological polar surface area (TPSA) is 72.9 Å². The summed E-state index contributed by atoms with van der Waals surface area (Å²) in [5.74, 6) is 0.677. The number of aromatic nitrogens is 4. The molecule has 2 heterocycles. The smallest absolute Gasteiger partial charge is 0.227 e. The van der Waals surface area contributed by atoms with Crippen LogP contribution in [0.3, 0.4) is 0 Å². The van der Waals surface area contributed by atoms with Gasteiger partial charge in [0.1, 0.15) is 0 Å². The lowest BCUT2D eigenvalue weighted by Crippen LogP contribution is -2.26. The van der Waals surface area contributed by atoms with Crippen LogP contribution in [-0.4, -0.2) is 39.9 Å². The van der Waals surface area contributed by atoms with Gasteiger partial charge in [-0.3, -0.25) is 4.68 Å². The summed E-state index contributed by atoms with van der Waals surface area (Å²) in [4.78, 5) is 10.6. The molecule has 0 unspecified atom stereocenters. The second kappa shape index (κ2) is 3.82. The number of fused-ring (bicyclic) bond motifs is 1. The van der Waals surface area contributed by atoms with Crippen molar-refractivity contribution in [1.82, 2.24) is 19.7 Å². The molecule has 0 atom stereocenters. The van der Waals surface area contributed by atoms with Crippen molar-refractivity contribution in [3.8, 4) is 0 Å². The van der Waals surface area contributed by atoms with E-state index in [1.54, 1.807) is 17.1 Å². The molecule has 80 valence electrons. The van der Waals surface area contributed by atoms with E-state index in [0.29, 0.717) is 12.5 Å². The molecule has 0 radical (unpaired) electrons.